The average Bonchev–Trinajstić information content (AvgIpc) is 2.37. The molecule has 0 bridgehead atoms. The number of hydrogen-bond donors (Lipinski definition) is 2. The SMILES string of the molecule is CCC(COC)NS(=O)(=O)c1cc(C(=O)O)ccc1Cl. The van der Waals surface area contributed by atoms with Crippen molar-refractivity contribution < 1.29 is 23.1 Å². The van der Waals surface area contributed by atoms with E-state index in [0.29, 0.717) is 6.42 Å². The van der Waals surface area contributed by atoms with E-state index in [-0.39, 0.29) is 22.1 Å². The number of methoxy groups -OCH3 is 1. The zero-order chi connectivity index (χ0) is 15.3. The van der Waals surface area contributed by atoms with Crippen LogP contribution in [0.3, 0.4) is 0 Å². The van der Waals surface area contributed by atoms with Crippen LogP contribution in [0.4, 0.5) is 0 Å². The third kappa shape index (κ3) is 4.17. The second-order valence-corrected chi connectivity index (χ2v) is 6.22. The van der Waals surface area contributed by atoms with E-state index < -0.39 is 22.0 Å². The lowest BCUT2D eigenvalue weighted by Gasteiger charge is -2.16. The molecule has 0 heterocycles. The molecule has 0 aromatic heterocycles. The summed E-state index contributed by atoms with van der Waals surface area (Å²) in [6.07, 6.45) is 0.531. The van der Waals surface area contributed by atoms with Gasteiger partial charge < -0.3 is 9.84 Å². The molecule has 0 fully saturated rings. The molecule has 1 rings (SSSR count). The van der Waals surface area contributed by atoms with Crippen LogP contribution in [0, 0.1) is 0 Å². The maximum atomic E-state index is 12.2. The summed E-state index contributed by atoms with van der Waals surface area (Å²) >= 11 is 5.85. The molecule has 0 spiro atoms. The molecular weight excluding hydrogens is 306 g/mol. The predicted molar refractivity (Wildman–Crippen MR) is 74.7 cm³/mol. The van der Waals surface area contributed by atoms with Crippen LogP contribution in [0.2, 0.25) is 5.02 Å². The van der Waals surface area contributed by atoms with Crippen molar-refractivity contribution in [2.24, 2.45) is 0 Å². The number of halogens is 1. The largest absolute Gasteiger partial charge is 0.478 e. The van der Waals surface area contributed by atoms with E-state index in [0.717, 1.165) is 6.07 Å². The van der Waals surface area contributed by atoms with Crippen molar-refractivity contribution >= 4 is 27.6 Å². The number of hydrogen-bond acceptors (Lipinski definition) is 4. The maximum Gasteiger partial charge on any atom is 0.335 e. The Hall–Kier alpha value is -1.15. The Bertz CT molecular complexity index is 588. The predicted octanol–water partition coefficient (Wildman–Crippen LogP) is 1.74. The molecule has 0 aliphatic carbocycles. The molecule has 1 unspecified atom stereocenters. The molecule has 8 heteroatoms. The van der Waals surface area contributed by atoms with Gasteiger partial charge in [-0.2, -0.15) is 0 Å². The first-order valence-corrected chi connectivity index (χ1v) is 7.72. The molecule has 1 aromatic rings. The number of sulfonamides is 1. The molecule has 2 N–H and O–H groups in total. The van der Waals surface area contributed by atoms with E-state index in [4.69, 9.17) is 21.4 Å². The summed E-state index contributed by atoms with van der Waals surface area (Å²) in [5.41, 5.74) is -0.144. The number of nitrogens with one attached hydrogen (secondary N) is 1. The fourth-order valence-corrected chi connectivity index (χ4v) is 3.39. The lowest BCUT2D eigenvalue weighted by molar-refractivity contribution is 0.0696. The third-order valence-corrected chi connectivity index (χ3v) is 4.65. The maximum absolute atomic E-state index is 12.2. The molecule has 0 saturated heterocycles. The van der Waals surface area contributed by atoms with Gasteiger partial charge in [0.1, 0.15) is 4.90 Å². The van der Waals surface area contributed by atoms with Gasteiger partial charge in [0.2, 0.25) is 10.0 Å². The topological polar surface area (TPSA) is 92.7 Å². The first-order chi connectivity index (χ1) is 9.31. The minimum Gasteiger partial charge on any atom is -0.478 e. The van der Waals surface area contributed by atoms with Crippen LogP contribution in [0.15, 0.2) is 23.1 Å². The summed E-state index contributed by atoms with van der Waals surface area (Å²) in [6, 6.07) is 3.12. The Kier molecular flexibility index (Phi) is 5.94. The molecular formula is C12H16ClNO5S. The van der Waals surface area contributed by atoms with Gasteiger partial charge in [0, 0.05) is 13.2 Å². The summed E-state index contributed by atoms with van der Waals surface area (Å²) in [7, 11) is -2.44. The minimum absolute atomic E-state index is 0.0326. The number of carbonyl (C=O) groups is 1. The Morgan fingerprint density at radius 2 is 2.15 bits per heavy atom. The molecule has 0 radical (unpaired) electrons. The number of rotatable bonds is 7. The number of ether oxygens (including phenoxy) is 1. The van der Waals surface area contributed by atoms with Crippen molar-refractivity contribution in [3.63, 3.8) is 0 Å². The second kappa shape index (κ2) is 7.03. The van der Waals surface area contributed by atoms with Gasteiger partial charge in [0.25, 0.3) is 0 Å². The van der Waals surface area contributed by atoms with Gasteiger partial charge in [-0.3, -0.25) is 0 Å². The van der Waals surface area contributed by atoms with Crippen LogP contribution in [0.5, 0.6) is 0 Å². The molecule has 1 aromatic carbocycles. The summed E-state index contributed by atoms with van der Waals surface area (Å²) in [5.74, 6) is -1.22. The van der Waals surface area contributed by atoms with Crippen LogP contribution in [0.1, 0.15) is 23.7 Å². The van der Waals surface area contributed by atoms with Crippen LogP contribution >= 0.6 is 11.6 Å². The highest BCUT2D eigenvalue weighted by Gasteiger charge is 2.23. The van der Waals surface area contributed by atoms with Crippen molar-refractivity contribution in [3.8, 4) is 0 Å². The quantitative estimate of drug-likeness (QED) is 0.798. The second-order valence-electron chi connectivity index (χ2n) is 4.13. The Labute approximate surface area is 122 Å². The molecule has 0 aliphatic heterocycles. The van der Waals surface area contributed by atoms with Crippen LogP contribution in [0.25, 0.3) is 0 Å². The zero-order valence-electron chi connectivity index (χ0n) is 11.1. The van der Waals surface area contributed by atoms with E-state index in [1.807, 2.05) is 6.92 Å². The number of carboxylic acids is 1. The first-order valence-electron chi connectivity index (χ1n) is 5.86. The zero-order valence-corrected chi connectivity index (χ0v) is 12.7. The molecule has 0 saturated carbocycles. The van der Waals surface area contributed by atoms with Gasteiger partial charge in [-0.1, -0.05) is 18.5 Å². The van der Waals surface area contributed by atoms with Gasteiger partial charge in [-0.25, -0.2) is 17.9 Å². The van der Waals surface area contributed by atoms with Crippen LogP contribution in [-0.2, 0) is 14.8 Å². The van der Waals surface area contributed by atoms with E-state index in [2.05, 4.69) is 4.72 Å². The van der Waals surface area contributed by atoms with Crippen molar-refractivity contribution in [2.45, 2.75) is 24.3 Å². The van der Waals surface area contributed by atoms with E-state index >= 15 is 0 Å². The van der Waals surface area contributed by atoms with Gasteiger partial charge in [-0.05, 0) is 24.6 Å². The number of carboxylic acid groups (broad SMARTS) is 1. The Balaban J connectivity index is 3.14. The van der Waals surface area contributed by atoms with Gasteiger partial charge in [-0.15, -0.1) is 0 Å². The van der Waals surface area contributed by atoms with E-state index in [9.17, 15) is 13.2 Å². The summed E-state index contributed by atoms with van der Waals surface area (Å²) in [4.78, 5) is 10.6. The monoisotopic (exact) mass is 321 g/mol. The standard InChI is InChI=1S/C12H16ClNO5S/c1-3-9(7-19-2)14-20(17,18)11-6-8(12(15)16)4-5-10(11)13/h4-6,9,14H,3,7H2,1-2H3,(H,15,16). The van der Waals surface area contributed by atoms with E-state index in [1.54, 1.807) is 0 Å². The summed E-state index contributed by atoms with van der Waals surface area (Å²) < 4.78 is 31.8. The molecule has 6 nitrogen and oxygen atoms in total. The van der Waals surface area contributed by atoms with Crippen molar-refractivity contribution in [2.75, 3.05) is 13.7 Å². The molecule has 1 atom stereocenters. The van der Waals surface area contributed by atoms with Gasteiger partial charge in [0.15, 0.2) is 0 Å². The van der Waals surface area contributed by atoms with E-state index in [1.165, 1.54) is 19.2 Å². The Morgan fingerprint density at radius 3 is 2.65 bits per heavy atom. The van der Waals surface area contributed by atoms with Gasteiger partial charge >= 0.3 is 5.97 Å². The first kappa shape index (κ1) is 16.9. The third-order valence-electron chi connectivity index (χ3n) is 2.65. The lowest BCUT2D eigenvalue weighted by atomic mass is 10.2. The fourth-order valence-electron chi connectivity index (χ4n) is 1.56. The molecule has 20 heavy (non-hydrogen) atoms. The highest BCUT2D eigenvalue weighted by Crippen LogP contribution is 2.23. The van der Waals surface area contributed by atoms with Crippen LogP contribution in [-0.4, -0.2) is 39.3 Å². The number of benzene rings is 1. The molecule has 112 valence electrons. The molecule has 0 aliphatic rings. The fraction of sp³-hybridized carbons (Fsp3) is 0.417. The summed E-state index contributed by atoms with van der Waals surface area (Å²) in [6.45, 7) is 2.02. The van der Waals surface area contributed by atoms with Crippen molar-refractivity contribution in [3.05, 3.63) is 28.8 Å². The normalized spacial score (nSPS) is 13.2. The van der Waals surface area contributed by atoms with Crippen molar-refractivity contribution in [1.29, 1.82) is 0 Å². The summed E-state index contributed by atoms with van der Waals surface area (Å²) in [5, 5.41) is 8.87. The highest BCUT2D eigenvalue weighted by atomic mass is 35.5. The molecule has 0 amide bonds. The highest BCUT2D eigenvalue weighted by molar-refractivity contribution is 7.89. The Morgan fingerprint density at radius 1 is 1.50 bits per heavy atom. The van der Waals surface area contributed by atoms with Gasteiger partial charge in [0.05, 0.1) is 17.2 Å². The van der Waals surface area contributed by atoms with Crippen molar-refractivity contribution in [1.82, 2.24) is 4.72 Å². The smallest absolute Gasteiger partial charge is 0.335 e. The lowest BCUT2D eigenvalue weighted by Crippen LogP contribution is -2.37. The number of aromatic carboxylic acids is 1. The minimum atomic E-state index is -3.91. The average molecular weight is 322 g/mol. The van der Waals surface area contributed by atoms with Crippen LogP contribution < -0.4 is 4.72 Å².